The summed E-state index contributed by atoms with van der Waals surface area (Å²) >= 11 is 0. The number of nitrogens with zero attached hydrogens (tertiary/aromatic N) is 6. The molecule has 0 radical (unpaired) electrons. The number of pyridine rings is 1. The van der Waals surface area contributed by atoms with Crippen LogP contribution in [0.4, 0.5) is 0 Å². The Morgan fingerprint density at radius 1 is 1.07 bits per heavy atom. The summed E-state index contributed by atoms with van der Waals surface area (Å²) in [4.78, 5) is 40.5. The second-order valence-electron chi connectivity index (χ2n) is 7.79. The zero-order valence-corrected chi connectivity index (χ0v) is 17.1. The van der Waals surface area contributed by atoms with Crippen LogP contribution in [0.25, 0.3) is 0 Å². The summed E-state index contributed by atoms with van der Waals surface area (Å²) in [5.41, 5.74) is 2.06. The molecule has 2 fully saturated rings. The number of rotatable bonds is 4. The molecular weight excluding hydrogens is 368 g/mol. The van der Waals surface area contributed by atoms with Crippen LogP contribution in [0.15, 0.2) is 30.9 Å². The van der Waals surface area contributed by atoms with Crippen molar-refractivity contribution in [1.82, 2.24) is 29.2 Å². The number of carbonyl (C=O) groups excluding carboxylic acids is 2. The van der Waals surface area contributed by atoms with Gasteiger partial charge in [-0.2, -0.15) is 0 Å². The van der Waals surface area contributed by atoms with Crippen molar-refractivity contribution in [3.8, 4) is 0 Å². The van der Waals surface area contributed by atoms with Crippen LogP contribution in [0.1, 0.15) is 52.3 Å². The summed E-state index contributed by atoms with van der Waals surface area (Å²) in [6.07, 6.45) is 6.81. The van der Waals surface area contributed by atoms with E-state index in [1.165, 1.54) is 0 Å². The number of likely N-dealkylation sites (N-methyl/N-ethyl adjacent to an activating group) is 1. The van der Waals surface area contributed by atoms with Crippen LogP contribution >= 0.6 is 0 Å². The van der Waals surface area contributed by atoms with Crippen LogP contribution < -0.4 is 0 Å². The van der Waals surface area contributed by atoms with Gasteiger partial charge in [-0.1, -0.05) is 0 Å². The van der Waals surface area contributed by atoms with Gasteiger partial charge in [-0.25, -0.2) is 4.98 Å². The van der Waals surface area contributed by atoms with E-state index in [-0.39, 0.29) is 17.9 Å². The van der Waals surface area contributed by atoms with E-state index in [9.17, 15) is 9.59 Å². The van der Waals surface area contributed by atoms with E-state index in [4.69, 9.17) is 0 Å². The molecule has 29 heavy (non-hydrogen) atoms. The average Bonchev–Trinajstić information content (AvgIpc) is 3.43. The monoisotopic (exact) mass is 396 g/mol. The summed E-state index contributed by atoms with van der Waals surface area (Å²) in [6, 6.07) is 3.69. The Morgan fingerprint density at radius 2 is 1.86 bits per heavy atom. The van der Waals surface area contributed by atoms with Gasteiger partial charge in [-0.3, -0.25) is 14.6 Å². The lowest BCUT2D eigenvalue weighted by molar-refractivity contribution is 0.0661. The van der Waals surface area contributed by atoms with Crippen LogP contribution in [-0.4, -0.2) is 80.8 Å². The Kier molecular flexibility index (Phi) is 5.62. The minimum atomic E-state index is -0.0597. The molecule has 4 rings (SSSR count). The maximum Gasteiger partial charge on any atom is 0.272 e. The number of hydrogen-bond acceptors (Lipinski definition) is 5. The van der Waals surface area contributed by atoms with Crippen molar-refractivity contribution in [2.45, 2.75) is 32.4 Å². The average molecular weight is 396 g/mol. The van der Waals surface area contributed by atoms with Crippen LogP contribution in [0.3, 0.4) is 0 Å². The van der Waals surface area contributed by atoms with Crippen molar-refractivity contribution in [2.75, 3.05) is 39.8 Å². The van der Waals surface area contributed by atoms with Gasteiger partial charge in [-0.15, -0.1) is 0 Å². The molecule has 2 aliphatic heterocycles. The van der Waals surface area contributed by atoms with Crippen LogP contribution in [0.2, 0.25) is 0 Å². The summed E-state index contributed by atoms with van der Waals surface area (Å²) in [5.74, 6) is 0.0228. The van der Waals surface area contributed by atoms with Gasteiger partial charge in [-0.05, 0) is 38.9 Å². The van der Waals surface area contributed by atoms with E-state index in [1.54, 1.807) is 18.7 Å². The van der Waals surface area contributed by atoms with Crippen molar-refractivity contribution in [2.24, 2.45) is 0 Å². The smallest absolute Gasteiger partial charge is 0.272 e. The van der Waals surface area contributed by atoms with Crippen molar-refractivity contribution in [1.29, 1.82) is 0 Å². The summed E-state index contributed by atoms with van der Waals surface area (Å²) in [6.45, 7) is 6.69. The summed E-state index contributed by atoms with van der Waals surface area (Å²) in [5, 5.41) is 0. The van der Waals surface area contributed by atoms with Crippen LogP contribution in [0.5, 0.6) is 0 Å². The number of aryl methyl sites for hydroxylation is 1. The first-order valence-corrected chi connectivity index (χ1v) is 10.3. The van der Waals surface area contributed by atoms with Gasteiger partial charge < -0.3 is 19.3 Å². The molecule has 2 amide bonds. The second-order valence-corrected chi connectivity index (χ2v) is 7.79. The molecule has 2 saturated heterocycles. The van der Waals surface area contributed by atoms with Crippen LogP contribution in [-0.2, 0) is 6.54 Å². The SMILES string of the molecule is CCn1cncc1C(=O)N1CCCC1c1ccc(C(=O)N2CCN(C)CC2)cn1. The number of aromatic nitrogens is 3. The zero-order chi connectivity index (χ0) is 20.4. The van der Waals surface area contributed by atoms with Crippen molar-refractivity contribution in [3.05, 3.63) is 47.8 Å². The van der Waals surface area contributed by atoms with E-state index in [0.717, 1.165) is 44.7 Å². The molecule has 0 aliphatic carbocycles. The highest BCUT2D eigenvalue weighted by atomic mass is 16.2. The lowest BCUT2D eigenvalue weighted by atomic mass is 10.1. The Labute approximate surface area is 171 Å². The van der Waals surface area contributed by atoms with Crippen molar-refractivity contribution in [3.63, 3.8) is 0 Å². The van der Waals surface area contributed by atoms with E-state index in [1.807, 2.05) is 33.4 Å². The fourth-order valence-corrected chi connectivity index (χ4v) is 4.14. The lowest BCUT2D eigenvalue weighted by Gasteiger charge is -2.32. The Balaban J connectivity index is 1.48. The first-order chi connectivity index (χ1) is 14.1. The molecule has 0 N–H and O–H groups in total. The molecule has 2 aromatic rings. The summed E-state index contributed by atoms with van der Waals surface area (Å²) in [7, 11) is 2.07. The fraction of sp³-hybridized carbons (Fsp3) is 0.524. The topological polar surface area (TPSA) is 74.6 Å². The van der Waals surface area contributed by atoms with Gasteiger partial charge in [0.05, 0.1) is 29.8 Å². The molecule has 2 aromatic heterocycles. The first-order valence-electron chi connectivity index (χ1n) is 10.3. The third-order valence-electron chi connectivity index (χ3n) is 5.95. The van der Waals surface area contributed by atoms with Gasteiger partial charge >= 0.3 is 0 Å². The molecule has 0 saturated carbocycles. The fourth-order valence-electron chi connectivity index (χ4n) is 4.14. The van der Waals surface area contributed by atoms with Crippen molar-refractivity contribution >= 4 is 11.8 Å². The molecule has 4 heterocycles. The highest BCUT2D eigenvalue weighted by molar-refractivity contribution is 5.94. The summed E-state index contributed by atoms with van der Waals surface area (Å²) < 4.78 is 1.86. The highest BCUT2D eigenvalue weighted by Crippen LogP contribution is 2.32. The van der Waals surface area contributed by atoms with Crippen LogP contribution in [0, 0.1) is 0 Å². The zero-order valence-electron chi connectivity index (χ0n) is 17.1. The van der Waals surface area contributed by atoms with E-state index in [0.29, 0.717) is 24.3 Å². The molecular formula is C21H28N6O2. The minimum absolute atomic E-state index is 0.00811. The minimum Gasteiger partial charge on any atom is -0.336 e. The molecule has 8 heteroatoms. The Bertz CT molecular complexity index is 870. The predicted molar refractivity (Wildman–Crippen MR) is 109 cm³/mol. The molecule has 1 unspecified atom stereocenters. The van der Waals surface area contributed by atoms with Gasteiger partial charge in [0.15, 0.2) is 0 Å². The number of imidazole rings is 1. The number of hydrogen-bond donors (Lipinski definition) is 0. The molecule has 8 nitrogen and oxygen atoms in total. The number of amides is 2. The highest BCUT2D eigenvalue weighted by Gasteiger charge is 2.33. The third-order valence-corrected chi connectivity index (χ3v) is 5.95. The largest absolute Gasteiger partial charge is 0.336 e. The van der Waals surface area contributed by atoms with Gasteiger partial charge in [0.25, 0.3) is 11.8 Å². The molecule has 0 spiro atoms. The molecule has 1 atom stereocenters. The Morgan fingerprint density at radius 3 is 2.55 bits per heavy atom. The van der Waals surface area contributed by atoms with Gasteiger partial charge in [0.1, 0.15) is 5.69 Å². The Hall–Kier alpha value is -2.74. The van der Waals surface area contributed by atoms with Gasteiger partial charge in [0, 0.05) is 45.5 Å². The van der Waals surface area contributed by atoms with E-state index < -0.39 is 0 Å². The maximum absolute atomic E-state index is 13.1. The third kappa shape index (κ3) is 3.89. The predicted octanol–water partition coefficient (Wildman–Crippen LogP) is 1.66. The van der Waals surface area contributed by atoms with Crippen molar-refractivity contribution < 1.29 is 9.59 Å². The normalized spacial score (nSPS) is 20.3. The second kappa shape index (κ2) is 8.32. The van der Waals surface area contributed by atoms with Gasteiger partial charge in [0.2, 0.25) is 0 Å². The quantitative estimate of drug-likeness (QED) is 0.786. The first kappa shape index (κ1) is 19.6. The number of likely N-dealkylation sites (tertiary alicyclic amines) is 1. The standard InChI is InChI=1S/C21H28N6O2/c1-3-25-15-22-14-19(25)21(29)27-8-4-5-18(27)17-7-6-16(13-23-17)20(28)26-11-9-24(2)10-12-26/h6-7,13-15,18H,3-5,8-12H2,1-2H3. The number of carbonyl (C=O) groups is 2. The maximum atomic E-state index is 13.1. The molecule has 154 valence electrons. The van der Waals surface area contributed by atoms with E-state index >= 15 is 0 Å². The van der Waals surface area contributed by atoms with E-state index in [2.05, 4.69) is 21.9 Å². The number of piperazine rings is 1. The molecule has 0 aromatic carbocycles. The molecule has 2 aliphatic rings. The lowest BCUT2D eigenvalue weighted by Crippen LogP contribution is -2.47. The molecule has 0 bridgehead atoms.